The second-order valence-corrected chi connectivity index (χ2v) is 7.67. The number of nitrogens with one attached hydrogen (secondary N) is 1. The molecule has 0 saturated carbocycles. The fraction of sp³-hybridized carbons (Fsp3) is 1.00. The summed E-state index contributed by atoms with van der Waals surface area (Å²) in [6, 6.07) is 1.32. The molecule has 1 aliphatic rings. The van der Waals surface area contributed by atoms with Crippen LogP contribution in [0.1, 0.15) is 33.6 Å². The van der Waals surface area contributed by atoms with Crippen molar-refractivity contribution in [3.63, 3.8) is 0 Å². The Kier molecular flexibility index (Phi) is 4.65. The Labute approximate surface area is 102 Å². The predicted octanol–water partition coefficient (Wildman–Crippen LogP) is 2.27. The zero-order valence-corrected chi connectivity index (χ0v) is 12.0. The highest BCUT2D eigenvalue weighted by molar-refractivity contribution is 14.1. The van der Waals surface area contributed by atoms with Crippen molar-refractivity contribution in [3.05, 3.63) is 0 Å². The van der Waals surface area contributed by atoms with E-state index < -0.39 is 0 Å². The van der Waals surface area contributed by atoms with Gasteiger partial charge >= 0.3 is 0 Å². The number of halogens is 1. The Balaban J connectivity index is 2.41. The molecule has 2 atom stereocenters. The van der Waals surface area contributed by atoms with Gasteiger partial charge in [0.25, 0.3) is 0 Å². The van der Waals surface area contributed by atoms with E-state index in [0.29, 0.717) is 15.5 Å². The molecule has 1 unspecified atom stereocenters. The summed E-state index contributed by atoms with van der Waals surface area (Å²) in [5, 5.41) is 3.54. The van der Waals surface area contributed by atoms with Crippen LogP contribution in [-0.2, 0) is 0 Å². The lowest BCUT2D eigenvalue weighted by Crippen LogP contribution is -2.50. The van der Waals surface area contributed by atoms with Crippen LogP contribution in [0, 0.1) is 0 Å². The number of nitrogens with zero attached hydrogens (tertiary/aromatic N) is 1. The average molecular weight is 310 g/mol. The molecule has 1 fully saturated rings. The number of alkyl halides is 1. The molecule has 1 aliphatic heterocycles. The van der Waals surface area contributed by atoms with E-state index in [4.69, 9.17) is 0 Å². The van der Waals surface area contributed by atoms with Crippen LogP contribution >= 0.6 is 22.6 Å². The summed E-state index contributed by atoms with van der Waals surface area (Å²) in [6.07, 6.45) is 2.63. The van der Waals surface area contributed by atoms with Gasteiger partial charge in [-0.25, -0.2) is 0 Å². The molecule has 0 aromatic heterocycles. The van der Waals surface area contributed by atoms with Gasteiger partial charge in [-0.3, -0.25) is 0 Å². The highest BCUT2D eigenvalue weighted by atomic mass is 127. The van der Waals surface area contributed by atoms with Crippen molar-refractivity contribution in [2.75, 3.05) is 20.1 Å². The van der Waals surface area contributed by atoms with Crippen LogP contribution in [-0.4, -0.2) is 40.5 Å². The largest absolute Gasteiger partial charge is 0.313 e. The minimum Gasteiger partial charge on any atom is -0.313 e. The molecule has 0 bridgehead atoms. The first-order valence-electron chi connectivity index (χ1n) is 5.53. The second kappa shape index (κ2) is 5.12. The van der Waals surface area contributed by atoms with Gasteiger partial charge in [-0.2, -0.15) is 0 Å². The first-order valence-corrected chi connectivity index (χ1v) is 6.61. The van der Waals surface area contributed by atoms with Gasteiger partial charge < -0.3 is 10.2 Å². The van der Waals surface area contributed by atoms with Crippen LogP contribution in [0.5, 0.6) is 0 Å². The third kappa shape index (κ3) is 4.03. The molecule has 0 aromatic carbocycles. The van der Waals surface area contributed by atoms with E-state index >= 15 is 0 Å². The van der Waals surface area contributed by atoms with Crippen molar-refractivity contribution in [1.29, 1.82) is 0 Å². The quantitative estimate of drug-likeness (QED) is 0.635. The topological polar surface area (TPSA) is 15.3 Å². The lowest BCUT2D eigenvalue weighted by molar-refractivity contribution is 0.163. The number of likely N-dealkylation sites (N-methyl/N-ethyl adjacent to an activating group) is 1. The van der Waals surface area contributed by atoms with Crippen LogP contribution in [0.3, 0.4) is 0 Å². The maximum Gasteiger partial charge on any atom is 0.0230 e. The number of hydrogen-bond acceptors (Lipinski definition) is 2. The molecule has 0 radical (unpaired) electrons. The molecular weight excluding hydrogens is 287 g/mol. The standard InChI is InChI=1S/C11H23IN2/c1-9(2)13-8-10-7-11(3,12)5-6-14(10)4/h9-10,13H,5-8H2,1-4H3/t10?,11-/m0/s1. The first-order chi connectivity index (χ1) is 6.41. The van der Waals surface area contributed by atoms with E-state index in [9.17, 15) is 0 Å². The zero-order chi connectivity index (χ0) is 10.8. The molecule has 14 heavy (non-hydrogen) atoms. The van der Waals surface area contributed by atoms with Crippen molar-refractivity contribution in [2.24, 2.45) is 0 Å². The Bertz CT molecular complexity index is 180. The minimum atomic E-state index is 0.508. The maximum absolute atomic E-state index is 3.54. The number of piperidine rings is 1. The SMILES string of the molecule is CC(C)NCC1C[C@@](C)(I)CCN1C. The molecule has 1 heterocycles. The van der Waals surface area contributed by atoms with Gasteiger partial charge in [0.1, 0.15) is 0 Å². The van der Waals surface area contributed by atoms with E-state index in [-0.39, 0.29) is 0 Å². The number of rotatable bonds is 3. The molecule has 0 spiro atoms. The van der Waals surface area contributed by atoms with Gasteiger partial charge in [0, 0.05) is 22.1 Å². The van der Waals surface area contributed by atoms with Crippen LogP contribution in [0.25, 0.3) is 0 Å². The summed E-state index contributed by atoms with van der Waals surface area (Å²) >= 11 is 2.62. The summed E-state index contributed by atoms with van der Waals surface area (Å²) < 4.78 is 0.508. The number of likely N-dealkylation sites (tertiary alicyclic amines) is 1. The first kappa shape index (κ1) is 12.7. The molecule has 84 valence electrons. The van der Waals surface area contributed by atoms with Gasteiger partial charge in [-0.15, -0.1) is 0 Å². The van der Waals surface area contributed by atoms with E-state index in [1.165, 1.54) is 19.4 Å². The van der Waals surface area contributed by atoms with Crippen molar-refractivity contribution >= 4 is 22.6 Å². The van der Waals surface area contributed by atoms with Gasteiger partial charge in [-0.1, -0.05) is 43.4 Å². The highest BCUT2D eigenvalue weighted by Crippen LogP contribution is 2.33. The summed E-state index contributed by atoms with van der Waals surface area (Å²) in [6.45, 7) is 9.18. The normalized spacial score (nSPS) is 35.1. The molecule has 0 aliphatic carbocycles. The molecule has 1 rings (SSSR count). The van der Waals surface area contributed by atoms with Gasteiger partial charge in [0.2, 0.25) is 0 Å². The molecule has 1 saturated heterocycles. The van der Waals surface area contributed by atoms with E-state index in [1.54, 1.807) is 0 Å². The van der Waals surface area contributed by atoms with Gasteiger partial charge in [-0.05, 0) is 26.4 Å². The van der Waals surface area contributed by atoms with Crippen LogP contribution in [0.15, 0.2) is 0 Å². The summed E-state index contributed by atoms with van der Waals surface area (Å²) in [4.78, 5) is 2.50. The van der Waals surface area contributed by atoms with Crippen molar-refractivity contribution in [2.45, 2.75) is 49.1 Å². The van der Waals surface area contributed by atoms with Crippen molar-refractivity contribution in [1.82, 2.24) is 10.2 Å². The lowest BCUT2D eigenvalue weighted by atomic mass is 9.92. The third-order valence-electron chi connectivity index (χ3n) is 3.03. The van der Waals surface area contributed by atoms with Crippen LogP contribution in [0.2, 0.25) is 0 Å². The van der Waals surface area contributed by atoms with Crippen molar-refractivity contribution in [3.8, 4) is 0 Å². The number of hydrogen-bond donors (Lipinski definition) is 1. The third-order valence-corrected chi connectivity index (χ3v) is 4.01. The van der Waals surface area contributed by atoms with E-state index in [2.05, 4.69) is 60.6 Å². The molecule has 3 heteroatoms. The molecular formula is C11H23IN2. The minimum absolute atomic E-state index is 0.508. The van der Waals surface area contributed by atoms with Crippen molar-refractivity contribution < 1.29 is 0 Å². The zero-order valence-electron chi connectivity index (χ0n) is 9.81. The maximum atomic E-state index is 3.54. The Hall–Kier alpha value is 0.650. The molecule has 2 nitrogen and oxygen atoms in total. The van der Waals surface area contributed by atoms with Crippen LogP contribution in [0.4, 0.5) is 0 Å². The molecule has 1 N–H and O–H groups in total. The van der Waals surface area contributed by atoms with E-state index in [1.807, 2.05) is 0 Å². The summed E-state index contributed by atoms with van der Waals surface area (Å²) in [5.41, 5.74) is 0. The monoisotopic (exact) mass is 310 g/mol. The fourth-order valence-corrected chi connectivity index (χ4v) is 2.69. The predicted molar refractivity (Wildman–Crippen MR) is 71.2 cm³/mol. The van der Waals surface area contributed by atoms with E-state index in [0.717, 1.165) is 6.54 Å². The fourth-order valence-electron chi connectivity index (χ4n) is 1.94. The lowest BCUT2D eigenvalue weighted by Gasteiger charge is -2.41. The molecule has 0 aromatic rings. The second-order valence-electron chi connectivity index (χ2n) is 5.06. The molecule has 0 amide bonds. The smallest absolute Gasteiger partial charge is 0.0230 e. The Morgan fingerprint density at radius 2 is 2.21 bits per heavy atom. The highest BCUT2D eigenvalue weighted by Gasteiger charge is 2.32. The van der Waals surface area contributed by atoms with Crippen LogP contribution < -0.4 is 5.32 Å². The van der Waals surface area contributed by atoms with Gasteiger partial charge in [0.15, 0.2) is 0 Å². The summed E-state index contributed by atoms with van der Waals surface area (Å²) in [5.74, 6) is 0. The average Bonchev–Trinajstić information content (AvgIpc) is 2.06. The summed E-state index contributed by atoms with van der Waals surface area (Å²) in [7, 11) is 2.25. The Morgan fingerprint density at radius 1 is 1.57 bits per heavy atom. The van der Waals surface area contributed by atoms with Gasteiger partial charge in [0.05, 0.1) is 0 Å². The Morgan fingerprint density at radius 3 is 2.79 bits per heavy atom.